The topological polar surface area (TPSA) is 75.7 Å². The summed E-state index contributed by atoms with van der Waals surface area (Å²) in [7, 11) is 1.49. The second kappa shape index (κ2) is 6.08. The molecule has 16 heavy (non-hydrogen) atoms. The predicted molar refractivity (Wildman–Crippen MR) is 65.6 cm³/mol. The van der Waals surface area contributed by atoms with Crippen molar-refractivity contribution < 1.29 is 14.9 Å². The maximum absolute atomic E-state index is 9.89. The molecule has 0 fully saturated rings. The quantitative estimate of drug-likeness (QED) is 0.774. The van der Waals surface area contributed by atoms with Gasteiger partial charge in [0.25, 0.3) is 0 Å². The Balaban J connectivity index is 2.98. The third-order valence-electron chi connectivity index (χ3n) is 2.36. The summed E-state index contributed by atoms with van der Waals surface area (Å²) in [5.74, 6) is 0.458. The number of methoxy groups -OCH3 is 1. The molecule has 4 nitrogen and oxygen atoms in total. The molecule has 0 aliphatic heterocycles. The van der Waals surface area contributed by atoms with Crippen molar-refractivity contribution in [3.63, 3.8) is 0 Å². The van der Waals surface area contributed by atoms with E-state index in [1.54, 1.807) is 12.1 Å². The normalized spacial score (nSPS) is 12.5. The van der Waals surface area contributed by atoms with Crippen LogP contribution in [0, 0.1) is 0 Å². The fraction of sp³-hybridized carbons (Fsp3) is 0.455. The summed E-state index contributed by atoms with van der Waals surface area (Å²) in [5.41, 5.74) is 6.55. The van der Waals surface area contributed by atoms with Crippen molar-refractivity contribution in [3.05, 3.63) is 22.2 Å². The largest absolute Gasteiger partial charge is 0.504 e. The monoisotopic (exact) mass is 289 g/mol. The first-order valence-electron chi connectivity index (χ1n) is 5.03. The van der Waals surface area contributed by atoms with Gasteiger partial charge >= 0.3 is 0 Å². The Morgan fingerprint density at radius 2 is 2.19 bits per heavy atom. The Morgan fingerprint density at radius 3 is 2.75 bits per heavy atom. The summed E-state index contributed by atoms with van der Waals surface area (Å²) in [4.78, 5) is 0. The van der Waals surface area contributed by atoms with E-state index in [0.717, 1.165) is 4.47 Å². The lowest BCUT2D eigenvalue weighted by molar-refractivity contribution is 0.279. The number of nitrogens with two attached hydrogens (primary N) is 1. The van der Waals surface area contributed by atoms with Crippen LogP contribution in [-0.2, 0) is 0 Å². The van der Waals surface area contributed by atoms with E-state index in [4.69, 9.17) is 15.6 Å². The van der Waals surface area contributed by atoms with Gasteiger partial charge in [0.2, 0.25) is 0 Å². The van der Waals surface area contributed by atoms with E-state index in [1.807, 2.05) is 0 Å². The molecule has 0 amide bonds. The number of rotatable bonds is 5. The fourth-order valence-electron chi connectivity index (χ4n) is 1.50. The number of hydrogen-bond donors (Lipinski definition) is 3. The molecular formula is C11H16BrNO3. The van der Waals surface area contributed by atoms with Crippen LogP contribution in [0.1, 0.15) is 24.4 Å². The van der Waals surface area contributed by atoms with Crippen molar-refractivity contribution in [2.75, 3.05) is 13.7 Å². The van der Waals surface area contributed by atoms with Gasteiger partial charge in [0.15, 0.2) is 11.5 Å². The van der Waals surface area contributed by atoms with E-state index >= 15 is 0 Å². The van der Waals surface area contributed by atoms with Crippen molar-refractivity contribution in [1.82, 2.24) is 0 Å². The number of aromatic hydroxyl groups is 1. The van der Waals surface area contributed by atoms with Crippen LogP contribution in [0.15, 0.2) is 16.6 Å². The standard InChI is InChI=1S/C11H16BrNO3/c1-16-10-6-7(12)5-8(11(10)15)9(13)3-2-4-14/h5-6,9,14-15H,2-4,13H2,1H3/t9-/m1/s1. The SMILES string of the molecule is COc1cc(Br)cc([C@H](N)CCCO)c1O. The first-order chi connectivity index (χ1) is 7.60. The molecule has 0 bridgehead atoms. The molecule has 0 spiro atoms. The molecule has 0 aromatic heterocycles. The van der Waals surface area contributed by atoms with Gasteiger partial charge in [-0.3, -0.25) is 0 Å². The molecule has 0 unspecified atom stereocenters. The smallest absolute Gasteiger partial charge is 0.162 e. The van der Waals surface area contributed by atoms with Crippen LogP contribution < -0.4 is 10.5 Å². The van der Waals surface area contributed by atoms with E-state index in [1.165, 1.54) is 7.11 Å². The maximum Gasteiger partial charge on any atom is 0.162 e. The van der Waals surface area contributed by atoms with Crippen molar-refractivity contribution in [3.8, 4) is 11.5 Å². The highest BCUT2D eigenvalue weighted by molar-refractivity contribution is 9.10. The zero-order chi connectivity index (χ0) is 12.1. The van der Waals surface area contributed by atoms with Gasteiger partial charge in [0, 0.05) is 22.7 Å². The van der Waals surface area contributed by atoms with E-state index in [9.17, 15) is 5.11 Å². The Hall–Kier alpha value is -0.780. The van der Waals surface area contributed by atoms with E-state index in [2.05, 4.69) is 15.9 Å². The summed E-state index contributed by atoms with van der Waals surface area (Å²) in [6.45, 7) is 0.0968. The third-order valence-corrected chi connectivity index (χ3v) is 2.82. The lowest BCUT2D eigenvalue weighted by Gasteiger charge is -2.15. The number of benzene rings is 1. The highest BCUT2D eigenvalue weighted by atomic mass is 79.9. The highest BCUT2D eigenvalue weighted by Gasteiger charge is 2.15. The number of phenols is 1. The number of aliphatic hydroxyl groups excluding tert-OH is 1. The Morgan fingerprint density at radius 1 is 1.50 bits per heavy atom. The van der Waals surface area contributed by atoms with Crippen LogP contribution in [0.4, 0.5) is 0 Å². The molecule has 0 aliphatic rings. The second-order valence-corrected chi connectivity index (χ2v) is 4.43. The molecule has 90 valence electrons. The third kappa shape index (κ3) is 3.10. The molecule has 5 heteroatoms. The number of phenolic OH excluding ortho intramolecular Hbond substituents is 1. The minimum Gasteiger partial charge on any atom is -0.504 e. The number of hydrogen-bond acceptors (Lipinski definition) is 4. The lowest BCUT2D eigenvalue weighted by atomic mass is 10.0. The fourth-order valence-corrected chi connectivity index (χ4v) is 1.95. The average Bonchev–Trinajstić information content (AvgIpc) is 2.28. The van der Waals surface area contributed by atoms with Crippen LogP contribution >= 0.6 is 15.9 Å². The molecule has 1 atom stereocenters. The molecule has 0 heterocycles. The zero-order valence-electron chi connectivity index (χ0n) is 9.11. The molecule has 1 aromatic rings. The molecule has 0 saturated carbocycles. The Kier molecular flexibility index (Phi) is 5.05. The second-order valence-electron chi connectivity index (χ2n) is 3.52. The van der Waals surface area contributed by atoms with Crippen molar-refractivity contribution >= 4 is 15.9 Å². The molecule has 0 radical (unpaired) electrons. The number of ether oxygens (including phenoxy) is 1. The molecule has 1 rings (SSSR count). The summed E-state index contributed by atoms with van der Waals surface area (Å²) in [5, 5.41) is 18.6. The van der Waals surface area contributed by atoms with Crippen LogP contribution in [0.3, 0.4) is 0 Å². The highest BCUT2D eigenvalue weighted by Crippen LogP contribution is 2.37. The van der Waals surface area contributed by atoms with Crippen LogP contribution in [-0.4, -0.2) is 23.9 Å². The van der Waals surface area contributed by atoms with Crippen molar-refractivity contribution in [1.29, 1.82) is 0 Å². The van der Waals surface area contributed by atoms with Crippen LogP contribution in [0.5, 0.6) is 11.5 Å². The van der Waals surface area contributed by atoms with Gasteiger partial charge < -0.3 is 20.7 Å². The summed E-state index contributed by atoms with van der Waals surface area (Å²) in [6, 6.07) is 3.14. The van der Waals surface area contributed by atoms with Gasteiger partial charge in [-0.1, -0.05) is 15.9 Å². The number of halogens is 1. The first-order valence-corrected chi connectivity index (χ1v) is 5.82. The van der Waals surface area contributed by atoms with Gasteiger partial charge in [0.05, 0.1) is 7.11 Å². The van der Waals surface area contributed by atoms with Gasteiger partial charge in [-0.15, -0.1) is 0 Å². The van der Waals surface area contributed by atoms with Crippen LogP contribution in [0.2, 0.25) is 0 Å². The number of aliphatic hydroxyl groups is 1. The minimum atomic E-state index is -0.307. The maximum atomic E-state index is 9.89. The Bertz CT molecular complexity index is 357. The summed E-state index contributed by atoms with van der Waals surface area (Å²) >= 11 is 3.33. The lowest BCUT2D eigenvalue weighted by Crippen LogP contribution is -2.11. The molecule has 0 aliphatic carbocycles. The van der Waals surface area contributed by atoms with Gasteiger partial charge in [-0.05, 0) is 25.0 Å². The van der Waals surface area contributed by atoms with E-state index in [0.29, 0.717) is 24.2 Å². The van der Waals surface area contributed by atoms with Crippen LogP contribution in [0.25, 0.3) is 0 Å². The van der Waals surface area contributed by atoms with Crippen molar-refractivity contribution in [2.24, 2.45) is 5.73 Å². The van der Waals surface area contributed by atoms with E-state index in [-0.39, 0.29) is 18.4 Å². The zero-order valence-corrected chi connectivity index (χ0v) is 10.7. The molecule has 4 N–H and O–H groups in total. The van der Waals surface area contributed by atoms with Gasteiger partial charge in [0.1, 0.15) is 0 Å². The Labute approximate surface area is 103 Å². The molecule has 0 saturated heterocycles. The van der Waals surface area contributed by atoms with Crippen molar-refractivity contribution in [2.45, 2.75) is 18.9 Å². The first kappa shape index (κ1) is 13.3. The molecule has 1 aromatic carbocycles. The molecular weight excluding hydrogens is 274 g/mol. The van der Waals surface area contributed by atoms with Gasteiger partial charge in [-0.25, -0.2) is 0 Å². The predicted octanol–water partition coefficient (Wildman–Crippen LogP) is 1.94. The average molecular weight is 290 g/mol. The minimum absolute atomic E-state index is 0.0659. The van der Waals surface area contributed by atoms with Gasteiger partial charge in [-0.2, -0.15) is 0 Å². The summed E-state index contributed by atoms with van der Waals surface area (Å²) < 4.78 is 5.84. The summed E-state index contributed by atoms with van der Waals surface area (Å²) in [6.07, 6.45) is 1.22. The van der Waals surface area contributed by atoms with E-state index < -0.39 is 0 Å².